The van der Waals surface area contributed by atoms with E-state index >= 15 is 0 Å². The van der Waals surface area contributed by atoms with E-state index in [0.29, 0.717) is 42.4 Å². The Balaban J connectivity index is 1.16. The van der Waals surface area contributed by atoms with Crippen LogP contribution in [0.5, 0.6) is 0 Å². The molecule has 3 aliphatic heterocycles. The maximum absolute atomic E-state index is 13.3. The zero-order valence-corrected chi connectivity index (χ0v) is 22.0. The van der Waals surface area contributed by atoms with Crippen LogP contribution in [0.2, 0.25) is 5.02 Å². The van der Waals surface area contributed by atoms with E-state index in [1.54, 1.807) is 18.2 Å². The average molecular weight is 531 g/mol. The second-order valence-electron chi connectivity index (χ2n) is 10.3. The highest BCUT2D eigenvalue weighted by atomic mass is 35.5. The summed E-state index contributed by atoms with van der Waals surface area (Å²) >= 11 is 6.52. The number of nitrogens with zero attached hydrogens (tertiary/aromatic N) is 4. The summed E-state index contributed by atoms with van der Waals surface area (Å²) in [5.74, 6) is 1.30. The monoisotopic (exact) mass is 530 g/mol. The van der Waals surface area contributed by atoms with Crippen LogP contribution in [0.4, 0.5) is 5.95 Å². The molecule has 4 heterocycles. The lowest BCUT2D eigenvalue weighted by atomic mass is 9.74. The van der Waals surface area contributed by atoms with Crippen LogP contribution < -0.4 is 10.6 Å². The van der Waals surface area contributed by atoms with Crippen molar-refractivity contribution in [1.82, 2.24) is 20.2 Å². The van der Waals surface area contributed by atoms with Gasteiger partial charge in [-0.1, -0.05) is 11.6 Å². The van der Waals surface area contributed by atoms with Crippen molar-refractivity contribution in [3.8, 4) is 0 Å². The molecular formula is C26H35ClN6O4. The molecule has 3 fully saturated rings. The molecule has 2 amide bonds. The van der Waals surface area contributed by atoms with E-state index in [1.807, 2.05) is 6.08 Å². The van der Waals surface area contributed by atoms with Gasteiger partial charge in [-0.05, 0) is 56.9 Å². The summed E-state index contributed by atoms with van der Waals surface area (Å²) in [5.41, 5.74) is 1.69. The molecule has 2 saturated heterocycles. The van der Waals surface area contributed by atoms with Gasteiger partial charge in [0.1, 0.15) is 0 Å². The van der Waals surface area contributed by atoms with E-state index in [2.05, 4.69) is 20.6 Å². The number of anilines is 1. The van der Waals surface area contributed by atoms with Crippen LogP contribution in [-0.4, -0.2) is 78.4 Å². The van der Waals surface area contributed by atoms with Gasteiger partial charge in [-0.3, -0.25) is 9.59 Å². The number of aliphatic imine (C=N–C) groups is 1. The number of ether oxygens (including phenoxy) is 2. The minimum atomic E-state index is -0.164. The van der Waals surface area contributed by atoms with Gasteiger partial charge in [-0.2, -0.15) is 0 Å². The van der Waals surface area contributed by atoms with E-state index < -0.39 is 0 Å². The fourth-order valence-electron chi connectivity index (χ4n) is 5.82. The molecule has 5 rings (SSSR count). The first-order chi connectivity index (χ1) is 18.0. The van der Waals surface area contributed by atoms with E-state index in [1.165, 1.54) is 0 Å². The summed E-state index contributed by atoms with van der Waals surface area (Å²) in [6.07, 6.45) is 9.58. The van der Waals surface area contributed by atoms with Crippen LogP contribution in [-0.2, 0) is 19.1 Å². The van der Waals surface area contributed by atoms with Gasteiger partial charge in [0.2, 0.25) is 23.6 Å². The van der Waals surface area contributed by atoms with Crippen molar-refractivity contribution in [2.75, 3.05) is 45.3 Å². The van der Waals surface area contributed by atoms with Crippen LogP contribution >= 0.6 is 11.6 Å². The van der Waals surface area contributed by atoms with Crippen molar-refractivity contribution in [3.05, 3.63) is 28.9 Å². The summed E-state index contributed by atoms with van der Waals surface area (Å²) in [4.78, 5) is 41.1. The summed E-state index contributed by atoms with van der Waals surface area (Å²) in [6.45, 7) is 2.54. The number of nitrogens with one attached hydrogen (secondary N) is 2. The van der Waals surface area contributed by atoms with E-state index in [4.69, 9.17) is 26.1 Å². The fraction of sp³-hybridized carbons (Fsp3) is 0.654. The van der Waals surface area contributed by atoms with E-state index in [9.17, 15) is 9.59 Å². The zero-order chi connectivity index (χ0) is 25.8. The number of amides is 2. The third-order valence-electron chi connectivity index (χ3n) is 7.84. The third kappa shape index (κ3) is 6.23. The standard InChI is InChI=1S/C26H35ClN6O4/c1-36-23-4-2-3-19(30-23)12-28-22(34)15-33-14-17-6-5-16(11-20(17)25(33)35)24-21(27)13-29-26(32-24)31-18-7-9-37-10-8-18/h4,13,16-18,20H,2-3,5-12,14-15H2,1H3,(H,28,34)(H,29,31,32). The SMILES string of the molecule is COC1=CCCC(CNC(=O)CN2CC3CCC(c4nc(NC5CCOCC5)ncc4Cl)CC3C2=O)=N1. The Morgan fingerprint density at radius 3 is 2.92 bits per heavy atom. The molecule has 200 valence electrons. The van der Waals surface area contributed by atoms with E-state index in [0.717, 1.165) is 63.1 Å². The second kappa shape index (κ2) is 11.8. The van der Waals surface area contributed by atoms with Crippen LogP contribution in [0.3, 0.4) is 0 Å². The van der Waals surface area contributed by atoms with Gasteiger partial charge in [0.25, 0.3) is 0 Å². The normalized spacial score (nSPS) is 26.3. The molecule has 3 unspecified atom stereocenters. The van der Waals surface area contributed by atoms with Gasteiger partial charge in [-0.25, -0.2) is 15.0 Å². The molecule has 4 aliphatic rings. The summed E-state index contributed by atoms with van der Waals surface area (Å²) in [6, 6.07) is 0.290. The lowest BCUT2D eigenvalue weighted by molar-refractivity contribution is -0.135. The molecule has 0 aromatic carbocycles. The summed E-state index contributed by atoms with van der Waals surface area (Å²) in [7, 11) is 1.59. The molecule has 37 heavy (non-hydrogen) atoms. The highest BCUT2D eigenvalue weighted by Crippen LogP contribution is 2.44. The largest absolute Gasteiger partial charge is 0.481 e. The number of aromatic nitrogens is 2. The van der Waals surface area contributed by atoms with Crippen molar-refractivity contribution in [3.63, 3.8) is 0 Å². The van der Waals surface area contributed by atoms with Gasteiger partial charge in [0.15, 0.2) is 0 Å². The van der Waals surface area contributed by atoms with Crippen LogP contribution in [0.25, 0.3) is 0 Å². The molecule has 0 bridgehead atoms. The number of carbonyl (C=O) groups is 2. The Morgan fingerprint density at radius 2 is 2.11 bits per heavy atom. The Bertz CT molecular complexity index is 1070. The van der Waals surface area contributed by atoms with Gasteiger partial charge in [-0.15, -0.1) is 0 Å². The first kappa shape index (κ1) is 25.9. The van der Waals surface area contributed by atoms with Crippen molar-refractivity contribution < 1.29 is 19.1 Å². The molecule has 0 spiro atoms. The Morgan fingerprint density at radius 1 is 1.27 bits per heavy atom. The van der Waals surface area contributed by atoms with Crippen LogP contribution in [0.15, 0.2) is 23.1 Å². The number of fused-ring (bicyclic) bond motifs is 1. The first-order valence-electron chi connectivity index (χ1n) is 13.2. The summed E-state index contributed by atoms with van der Waals surface area (Å²) < 4.78 is 10.6. The van der Waals surface area contributed by atoms with Crippen molar-refractivity contribution in [2.45, 2.75) is 56.9 Å². The molecule has 1 aromatic heterocycles. The van der Waals surface area contributed by atoms with Gasteiger partial charge < -0.3 is 25.0 Å². The van der Waals surface area contributed by atoms with Crippen molar-refractivity contribution >= 4 is 35.1 Å². The molecule has 1 aliphatic carbocycles. The number of methoxy groups -OCH3 is 1. The number of hydrogen-bond acceptors (Lipinski definition) is 8. The molecule has 11 heteroatoms. The number of halogens is 1. The minimum absolute atomic E-state index is 0.0511. The Kier molecular flexibility index (Phi) is 8.24. The highest BCUT2D eigenvalue weighted by molar-refractivity contribution is 6.31. The molecule has 1 aromatic rings. The molecule has 1 saturated carbocycles. The highest BCUT2D eigenvalue weighted by Gasteiger charge is 2.45. The van der Waals surface area contributed by atoms with Crippen LogP contribution in [0, 0.1) is 11.8 Å². The van der Waals surface area contributed by atoms with Gasteiger partial charge >= 0.3 is 0 Å². The predicted molar refractivity (Wildman–Crippen MR) is 139 cm³/mol. The Labute approximate surface area is 222 Å². The lowest BCUT2D eigenvalue weighted by Crippen LogP contribution is -2.40. The smallest absolute Gasteiger partial charge is 0.239 e. The minimum Gasteiger partial charge on any atom is -0.481 e. The average Bonchev–Trinajstić information content (AvgIpc) is 3.23. The topological polar surface area (TPSA) is 118 Å². The predicted octanol–water partition coefficient (Wildman–Crippen LogP) is 2.90. The molecular weight excluding hydrogens is 496 g/mol. The molecule has 3 atom stereocenters. The lowest BCUT2D eigenvalue weighted by Gasteiger charge is -2.30. The maximum atomic E-state index is 13.3. The summed E-state index contributed by atoms with van der Waals surface area (Å²) in [5, 5.41) is 6.87. The number of likely N-dealkylation sites (tertiary alicyclic amines) is 1. The number of rotatable bonds is 8. The molecule has 10 nitrogen and oxygen atoms in total. The quantitative estimate of drug-likeness (QED) is 0.530. The van der Waals surface area contributed by atoms with Gasteiger partial charge in [0.05, 0.1) is 37.1 Å². The number of carbonyl (C=O) groups excluding carboxylic acids is 2. The van der Waals surface area contributed by atoms with Gasteiger partial charge in [0, 0.05) is 43.3 Å². The second-order valence-corrected chi connectivity index (χ2v) is 10.7. The maximum Gasteiger partial charge on any atom is 0.239 e. The van der Waals surface area contributed by atoms with Crippen molar-refractivity contribution in [1.29, 1.82) is 0 Å². The molecule has 2 N–H and O–H groups in total. The zero-order valence-electron chi connectivity index (χ0n) is 21.2. The Hall–Kier alpha value is -2.72. The fourth-order valence-corrected chi connectivity index (χ4v) is 6.07. The molecule has 0 radical (unpaired) electrons. The third-order valence-corrected chi connectivity index (χ3v) is 8.13. The number of allylic oxidation sites excluding steroid dienone is 1. The van der Waals surface area contributed by atoms with E-state index in [-0.39, 0.29) is 36.1 Å². The first-order valence-corrected chi connectivity index (χ1v) is 13.6. The number of hydrogen-bond donors (Lipinski definition) is 2. The van der Waals surface area contributed by atoms with Crippen molar-refractivity contribution in [2.24, 2.45) is 16.8 Å². The van der Waals surface area contributed by atoms with Crippen LogP contribution in [0.1, 0.15) is 56.6 Å².